The van der Waals surface area contributed by atoms with Crippen LogP contribution in [0.2, 0.25) is 0 Å². The van der Waals surface area contributed by atoms with Crippen LogP contribution in [0.3, 0.4) is 0 Å². The molecule has 0 aromatic heterocycles. The summed E-state index contributed by atoms with van der Waals surface area (Å²) in [7, 11) is 0. The van der Waals surface area contributed by atoms with Gasteiger partial charge in [-0.25, -0.2) is 0 Å². The van der Waals surface area contributed by atoms with Crippen LogP contribution in [0.1, 0.15) is 36.5 Å². The molecule has 3 rings (SSSR count). The molecule has 0 unspecified atom stereocenters. The van der Waals surface area contributed by atoms with Gasteiger partial charge < -0.3 is 0 Å². The Morgan fingerprint density at radius 2 is 1.65 bits per heavy atom. The number of thioether (sulfide) groups is 1. The van der Waals surface area contributed by atoms with Crippen LogP contribution in [0.5, 0.6) is 0 Å². The number of benzene rings is 2. The lowest BCUT2D eigenvalue weighted by Crippen LogP contribution is -2.27. The van der Waals surface area contributed by atoms with E-state index in [1.54, 1.807) is 6.08 Å². The van der Waals surface area contributed by atoms with Gasteiger partial charge in [0.15, 0.2) is 0 Å². The van der Waals surface area contributed by atoms with Crippen molar-refractivity contribution < 1.29 is 9.59 Å². The second-order valence-electron chi connectivity index (χ2n) is 6.37. The smallest absolute Gasteiger partial charge is 0.268 e. The summed E-state index contributed by atoms with van der Waals surface area (Å²) in [6.45, 7) is 4.57. The molecular formula is C20H17Br2NO2S. The molecule has 0 atom stereocenters. The highest BCUT2D eigenvalue weighted by atomic mass is 79.9. The molecule has 1 saturated heterocycles. The first-order chi connectivity index (χ1) is 12.3. The number of amides is 2. The van der Waals surface area contributed by atoms with Crippen LogP contribution in [-0.4, -0.2) is 16.0 Å². The molecule has 2 aromatic rings. The maximum absolute atomic E-state index is 12.7. The first kappa shape index (κ1) is 19.4. The number of hydrogen-bond acceptors (Lipinski definition) is 3. The Morgan fingerprint density at radius 1 is 1.04 bits per heavy atom. The van der Waals surface area contributed by atoms with Gasteiger partial charge in [0.05, 0.1) is 11.4 Å². The van der Waals surface area contributed by atoms with E-state index in [1.165, 1.54) is 10.5 Å². The summed E-state index contributed by atoms with van der Waals surface area (Å²) in [6, 6.07) is 13.8. The monoisotopic (exact) mass is 493 g/mol. The highest BCUT2D eigenvalue weighted by molar-refractivity contribution is 9.11. The summed E-state index contributed by atoms with van der Waals surface area (Å²) in [4.78, 5) is 26.7. The van der Waals surface area contributed by atoms with Crippen LogP contribution in [0, 0.1) is 0 Å². The molecule has 1 aliphatic heterocycles. The molecule has 0 saturated carbocycles. The molecule has 1 aliphatic rings. The van der Waals surface area contributed by atoms with Crippen LogP contribution < -0.4 is 0 Å². The zero-order valence-corrected chi connectivity index (χ0v) is 18.3. The highest BCUT2D eigenvalue weighted by Crippen LogP contribution is 2.34. The molecule has 0 radical (unpaired) electrons. The average molecular weight is 495 g/mol. The predicted molar refractivity (Wildman–Crippen MR) is 114 cm³/mol. The van der Waals surface area contributed by atoms with E-state index in [2.05, 4.69) is 45.7 Å². The fraction of sp³-hybridized carbons (Fsp3) is 0.200. The van der Waals surface area contributed by atoms with Gasteiger partial charge in [0.1, 0.15) is 0 Å². The number of imide groups is 1. The Labute approximate surface area is 174 Å². The first-order valence-corrected chi connectivity index (χ1v) is 10.5. The predicted octanol–water partition coefficient (Wildman–Crippen LogP) is 6.57. The van der Waals surface area contributed by atoms with Gasteiger partial charge in [-0.05, 0) is 58.6 Å². The Kier molecular flexibility index (Phi) is 6.05. The van der Waals surface area contributed by atoms with Crippen LogP contribution in [-0.2, 0) is 11.3 Å². The van der Waals surface area contributed by atoms with Crippen molar-refractivity contribution in [3.05, 3.63) is 73.0 Å². The molecule has 1 heterocycles. The van der Waals surface area contributed by atoms with E-state index in [0.29, 0.717) is 17.4 Å². The van der Waals surface area contributed by atoms with Crippen molar-refractivity contribution in [2.45, 2.75) is 26.3 Å². The lowest BCUT2D eigenvalue weighted by molar-refractivity contribution is -0.123. The number of halogens is 2. The normalized spacial score (nSPS) is 16.2. The van der Waals surface area contributed by atoms with Crippen LogP contribution >= 0.6 is 43.6 Å². The standard InChI is InChI=1S/C20H17Br2NO2S/c1-12(2)15-5-3-13(4-6-15)11-23-19(24)18(26-20(23)25)9-14-7-16(21)10-17(22)8-14/h3-10,12H,11H2,1-2H3/b18-9-. The van der Waals surface area contributed by atoms with Gasteiger partial charge in [0.2, 0.25) is 0 Å². The third-order valence-electron chi connectivity index (χ3n) is 4.04. The third kappa shape index (κ3) is 4.48. The second kappa shape index (κ2) is 8.11. The maximum Gasteiger partial charge on any atom is 0.293 e. The quantitative estimate of drug-likeness (QED) is 0.451. The van der Waals surface area contributed by atoms with Crippen molar-refractivity contribution in [2.24, 2.45) is 0 Å². The number of rotatable bonds is 4. The number of hydrogen-bond donors (Lipinski definition) is 0. The lowest BCUT2D eigenvalue weighted by Gasteiger charge is -2.13. The van der Waals surface area contributed by atoms with E-state index in [4.69, 9.17) is 0 Å². The van der Waals surface area contributed by atoms with Crippen molar-refractivity contribution in [2.75, 3.05) is 0 Å². The fourth-order valence-corrected chi connectivity index (χ4v) is 4.80. The second-order valence-corrected chi connectivity index (χ2v) is 9.19. The molecule has 0 N–H and O–H groups in total. The van der Waals surface area contributed by atoms with E-state index in [0.717, 1.165) is 31.8 Å². The summed E-state index contributed by atoms with van der Waals surface area (Å²) >= 11 is 7.85. The van der Waals surface area contributed by atoms with Crippen LogP contribution in [0.4, 0.5) is 4.79 Å². The van der Waals surface area contributed by atoms with Crippen molar-refractivity contribution in [3.8, 4) is 0 Å². The molecule has 1 fully saturated rings. The Morgan fingerprint density at radius 3 is 2.23 bits per heavy atom. The highest BCUT2D eigenvalue weighted by Gasteiger charge is 2.34. The summed E-state index contributed by atoms with van der Waals surface area (Å²) in [5.41, 5.74) is 3.05. The molecule has 3 nitrogen and oxygen atoms in total. The Hall–Kier alpha value is -1.37. The topological polar surface area (TPSA) is 37.4 Å². The molecule has 26 heavy (non-hydrogen) atoms. The molecule has 0 aliphatic carbocycles. The summed E-state index contributed by atoms with van der Waals surface area (Å²) in [6.07, 6.45) is 1.75. The van der Waals surface area contributed by atoms with Crippen molar-refractivity contribution in [1.82, 2.24) is 4.90 Å². The number of nitrogens with zero attached hydrogens (tertiary/aromatic N) is 1. The molecule has 2 amide bonds. The van der Waals surface area contributed by atoms with Gasteiger partial charge in [-0.2, -0.15) is 0 Å². The van der Waals surface area contributed by atoms with Crippen molar-refractivity contribution in [1.29, 1.82) is 0 Å². The maximum atomic E-state index is 12.7. The lowest BCUT2D eigenvalue weighted by atomic mass is 10.0. The Balaban J connectivity index is 1.79. The Bertz CT molecular complexity index is 871. The van der Waals surface area contributed by atoms with E-state index < -0.39 is 0 Å². The third-order valence-corrected chi connectivity index (χ3v) is 5.87. The SMILES string of the molecule is CC(C)c1ccc(CN2C(=O)S/C(=C\c3cc(Br)cc(Br)c3)C2=O)cc1. The minimum atomic E-state index is -0.246. The molecule has 6 heteroatoms. The molecular weight excluding hydrogens is 478 g/mol. The van der Waals surface area contributed by atoms with Gasteiger partial charge in [-0.3, -0.25) is 14.5 Å². The van der Waals surface area contributed by atoms with Crippen molar-refractivity contribution >= 4 is 60.8 Å². The fourth-order valence-electron chi connectivity index (χ4n) is 2.64. The largest absolute Gasteiger partial charge is 0.293 e. The number of carbonyl (C=O) groups excluding carboxylic acids is 2. The van der Waals surface area contributed by atoms with E-state index in [-0.39, 0.29) is 11.1 Å². The van der Waals surface area contributed by atoms with E-state index >= 15 is 0 Å². The van der Waals surface area contributed by atoms with E-state index in [9.17, 15) is 9.59 Å². The molecule has 0 spiro atoms. The molecule has 134 valence electrons. The summed E-state index contributed by atoms with van der Waals surface area (Å²) in [5, 5.41) is -0.233. The van der Waals surface area contributed by atoms with Crippen molar-refractivity contribution in [3.63, 3.8) is 0 Å². The minimum absolute atomic E-state index is 0.233. The van der Waals surface area contributed by atoms with Gasteiger partial charge in [-0.15, -0.1) is 0 Å². The van der Waals surface area contributed by atoms with Crippen LogP contribution in [0.25, 0.3) is 6.08 Å². The minimum Gasteiger partial charge on any atom is -0.268 e. The summed E-state index contributed by atoms with van der Waals surface area (Å²) in [5.74, 6) is 0.206. The van der Waals surface area contributed by atoms with Crippen LogP contribution in [0.15, 0.2) is 56.3 Å². The summed E-state index contributed by atoms with van der Waals surface area (Å²) < 4.78 is 1.81. The van der Waals surface area contributed by atoms with Gasteiger partial charge >= 0.3 is 0 Å². The molecule has 2 aromatic carbocycles. The van der Waals surface area contributed by atoms with E-state index in [1.807, 2.05) is 42.5 Å². The van der Waals surface area contributed by atoms with Gasteiger partial charge in [-0.1, -0.05) is 70.0 Å². The zero-order chi connectivity index (χ0) is 18.8. The molecule has 0 bridgehead atoms. The zero-order valence-electron chi connectivity index (χ0n) is 14.3. The average Bonchev–Trinajstić information content (AvgIpc) is 2.82. The first-order valence-electron chi connectivity index (χ1n) is 8.14. The van der Waals surface area contributed by atoms with Gasteiger partial charge in [0.25, 0.3) is 11.1 Å². The van der Waals surface area contributed by atoms with Gasteiger partial charge in [0, 0.05) is 8.95 Å². The number of carbonyl (C=O) groups is 2.